The van der Waals surface area contributed by atoms with Crippen LogP contribution in [0.15, 0.2) is 58.6 Å². The highest BCUT2D eigenvalue weighted by Gasteiger charge is 2.48. The Morgan fingerprint density at radius 3 is 2.47 bits per heavy atom. The smallest absolute Gasteiger partial charge is 0.301 e. The molecule has 36 heavy (non-hydrogen) atoms. The Morgan fingerprint density at radius 1 is 1.14 bits per heavy atom. The van der Waals surface area contributed by atoms with Gasteiger partial charge in [0.2, 0.25) is 0 Å². The number of carbonyl (C=O) groups excluding carboxylic acids is 2. The number of aromatic nitrogens is 1. The van der Waals surface area contributed by atoms with E-state index in [1.807, 2.05) is 0 Å². The summed E-state index contributed by atoms with van der Waals surface area (Å²) in [4.78, 5) is 27.7. The van der Waals surface area contributed by atoms with Crippen LogP contribution in [-0.2, 0) is 9.59 Å². The van der Waals surface area contributed by atoms with Crippen molar-refractivity contribution in [2.24, 2.45) is 5.92 Å². The zero-order valence-electron chi connectivity index (χ0n) is 20.4. The number of benzene rings is 2. The Morgan fingerprint density at radius 2 is 1.86 bits per heavy atom. The maximum Gasteiger partial charge on any atom is 0.301 e. The first-order valence-corrected chi connectivity index (χ1v) is 11.9. The van der Waals surface area contributed by atoms with Gasteiger partial charge in [-0.15, -0.1) is 0 Å². The Kier molecular flexibility index (Phi) is 7.35. The molecule has 1 atom stereocenters. The molecule has 1 aliphatic heterocycles. The Balaban J connectivity index is 1.84. The number of anilines is 1. The van der Waals surface area contributed by atoms with E-state index in [1.165, 1.54) is 12.0 Å². The van der Waals surface area contributed by atoms with Crippen molar-refractivity contribution in [3.63, 3.8) is 0 Å². The summed E-state index contributed by atoms with van der Waals surface area (Å²) in [5.74, 6) is 0.0754. The minimum Gasteiger partial charge on any atom is -0.507 e. The normalized spacial score (nSPS) is 17.2. The second-order valence-corrected chi connectivity index (χ2v) is 9.35. The van der Waals surface area contributed by atoms with Crippen LogP contribution in [0, 0.1) is 12.8 Å². The van der Waals surface area contributed by atoms with Gasteiger partial charge in [0.15, 0.2) is 17.3 Å². The number of aliphatic hydroxyl groups excluding tert-OH is 1. The molecule has 1 saturated heterocycles. The maximum absolute atomic E-state index is 13.2. The number of aryl methyl sites for hydroxylation is 1. The van der Waals surface area contributed by atoms with Crippen LogP contribution in [0.25, 0.3) is 5.76 Å². The summed E-state index contributed by atoms with van der Waals surface area (Å²) < 4.78 is 16.6. The summed E-state index contributed by atoms with van der Waals surface area (Å²) in [5.41, 5.74) is 0.788. The predicted molar refractivity (Wildman–Crippen MR) is 135 cm³/mol. The number of aliphatic hydroxyl groups is 1. The van der Waals surface area contributed by atoms with Crippen molar-refractivity contribution in [1.82, 2.24) is 5.16 Å². The predicted octanol–water partition coefficient (Wildman–Crippen LogP) is 5.70. The van der Waals surface area contributed by atoms with Gasteiger partial charge in [0.1, 0.15) is 11.5 Å². The lowest BCUT2D eigenvalue weighted by Crippen LogP contribution is -2.29. The molecule has 0 aliphatic carbocycles. The third-order valence-corrected chi connectivity index (χ3v) is 6.13. The number of hydrogen-bond donors (Lipinski definition) is 1. The quantitative estimate of drug-likeness (QED) is 0.236. The van der Waals surface area contributed by atoms with Crippen LogP contribution in [-0.4, -0.2) is 35.7 Å². The van der Waals surface area contributed by atoms with Crippen LogP contribution < -0.4 is 14.4 Å². The highest BCUT2D eigenvalue weighted by atomic mass is 35.5. The van der Waals surface area contributed by atoms with Crippen LogP contribution in [0.1, 0.15) is 43.2 Å². The first kappa shape index (κ1) is 25.3. The lowest BCUT2D eigenvalue weighted by molar-refractivity contribution is -0.132. The molecule has 1 aliphatic rings. The number of carbonyl (C=O) groups is 2. The van der Waals surface area contributed by atoms with Crippen LogP contribution in [0.3, 0.4) is 0 Å². The topological polar surface area (TPSA) is 102 Å². The molecule has 2 aromatic carbocycles. The van der Waals surface area contributed by atoms with Gasteiger partial charge in [0, 0.05) is 16.7 Å². The van der Waals surface area contributed by atoms with E-state index in [1.54, 1.807) is 55.5 Å². The largest absolute Gasteiger partial charge is 0.507 e. The Bertz CT molecular complexity index is 1310. The maximum atomic E-state index is 13.2. The fourth-order valence-corrected chi connectivity index (χ4v) is 4.12. The summed E-state index contributed by atoms with van der Waals surface area (Å²) in [6.45, 7) is 6.42. The molecule has 0 bridgehead atoms. The van der Waals surface area contributed by atoms with Gasteiger partial charge in [-0.1, -0.05) is 36.7 Å². The van der Waals surface area contributed by atoms with E-state index in [-0.39, 0.29) is 17.2 Å². The van der Waals surface area contributed by atoms with Gasteiger partial charge in [-0.05, 0) is 61.2 Å². The van der Waals surface area contributed by atoms with Crippen LogP contribution in [0.4, 0.5) is 5.82 Å². The Labute approximate surface area is 214 Å². The highest BCUT2D eigenvalue weighted by Crippen LogP contribution is 2.44. The number of rotatable bonds is 8. The number of ether oxygens (including phenoxy) is 2. The average molecular weight is 511 g/mol. The lowest BCUT2D eigenvalue weighted by atomic mass is 9.95. The molecule has 9 heteroatoms. The molecule has 1 aromatic heterocycles. The van der Waals surface area contributed by atoms with Gasteiger partial charge in [0.05, 0.1) is 25.3 Å². The summed E-state index contributed by atoms with van der Waals surface area (Å²) in [5, 5.41) is 15.6. The third-order valence-electron chi connectivity index (χ3n) is 5.88. The molecule has 1 fully saturated rings. The van der Waals surface area contributed by atoms with E-state index in [4.69, 9.17) is 25.6 Å². The number of methoxy groups -OCH3 is 1. The first-order chi connectivity index (χ1) is 17.2. The van der Waals surface area contributed by atoms with E-state index in [0.717, 1.165) is 6.42 Å². The third kappa shape index (κ3) is 4.95. The number of Topliss-reactive ketones (excluding diaryl/α,β-unsaturated/α-hetero) is 1. The second-order valence-electron chi connectivity index (χ2n) is 8.91. The summed E-state index contributed by atoms with van der Waals surface area (Å²) in [6.07, 6.45) is 0.873. The van der Waals surface area contributed by atoms with Crippen LogP contribution >= 0.6 is 11.6 Å². The van der Waals surface area contributed by atoms with Crippen molar-refractivity contribution in [3.05, 3.63) is 76.0 Å². The molecule has 0 spiro atoms. The van der Waals surface area contributed by atoms with E-state index >= 15 is 0 Å². The van der Waals surface area contributed by atoms with Crippen LogP contribution in [0.5, 0.6) is 11.5 Å². The van der Waals surface area contributed by atoms with Crippen molar-refractivity contribution in [2.45, 2.75) is 33.2 Å². The van der Waals surface area contributed by atoms with Crippen molar-refractivity contribution in [1.29, 1.82) is 0 Å². The van der Waals surface area contributed by atoms with E-state index in [9.17, 15) is 14.7 Å². The monoisotopic (exact) mass is 510 g/mol. The summed E-state index contributed by atoms with van der Waals surface area (Å²) in [7, 11) is 1.51. The van der Waals surface area contributed by atoms with Crippen molar-refractivity contribution >= 4 is 34.9 Å². The Hall–Kier alpha value is -3.78. The zero-order chi connectivity index (χ0) is 26.0. The first-order valence-electron chi connectivity index (χ1n) is 11.5. The van der Waals surface area contributed by atoms with Gasteiger partial charge < -0.3 is 19.1 Å². The van der Waals surface area contributed by atoms with Gasteiger partial charge in [-0.25, -0.2) is 0 Å². The highest BCUT2D eigenvalue weighted by molar-refractivity contribution is 6.51. The SMILES string of the molecule is COc1cc([C@@H]2C(=C(O)c3ccc(Cl)cc3)C(=O)C(=O)N2c2cc(C)on2)ccc1OCCC(C)C. The van der Waals surface area contributed by atoms with E-state index < -0.39 is 17.7 Å². The molecule has 0 unspecified atom stereocenters. The minimum absolute atomic E-state index is 0.0847. The van der Waals surface area contributed by atoms with E-state index in [2.05, 4.69) is 19.0 Å². The van der Waals surface area contributed by atoms with Gasteiger partial charge in [-0.2, -0.15) is 0 Å². The molecular weight excluding hydrogens is 484 g/mol. The van der Waals surface area contributed by atoms with Crippen molar-refractivity contribution in [3.8, 4) is 11.5 Å². The number of hydrogen-bond acceptors (Lipinski definition) is 7. The fraction of sp³-hybridized carbons (Fsp3) is 0.296. The number of ketones is 1. The van der Waals surface area contributed by atoms with Gasteiger partial charge in [0.25, 0.3) is 5.78 Å². The van der Waals surface area contributed by atoms with Crippen LogP contribution in [0.2, 0.25) is 5.02 Å². The number of amides is 1. The molecule has 1 N–H and O–H groups in total. The van der Waals surface area contributed by atoms with E-state index in [0.29, 0.717) is 45.9 Å². The van der Waals surface area contributed by atoms with Gasteiger partial charge in [-0.3, -0.25) is 14.5 Å². The average Bonchev–Trinajstić information content (AvgIpc) is 3.39. The number of nitrogens with zero attached hydrogens (tertiary/aromatic N) is 2. The fourth-order valence-electron chi connectivity index (χ4n) is 3.99. The minimum atomic E-state index is -0.983. The molecule has 2 heterocycles. The lowest BCUT2D eigenvalue weighted by Gasteiger charge is -2.24. The molecule has 0 radical (unpaired) electrons. The molecule has 4 rings (SSSR count). The van der Waals surface area contributed by atoms with Crippen molar-refractivity contribution in [2.75, 3.05) is 18.6 Å². The second kappa shape index (κ2) is 10.5. The molecule has 3 aromatic rings. The number of halogens is 1. The molecule has 1 amide bonds. The summed E-state index contributed by atoms with van der Waals surface area (Å²) in [6, 6.07) is 12.1. The zero-order valence-corrected chi connectivity index (χ0v) is 21.2. The molecular formula is C27H27ClN2O6. The molecule has 188 valence electrons. The molecule has 0 saturated carbocycles. The standard InChI is InChI=1S/C27H27ClN2O6/c1-15(2)11-12-35-20-10-7-18(14-21(20)34-4)24-23(25(31)17-5-8-19(28)9-6-17)26(32)27(33)30(24)22-13-16(3)36-29-22/h5-10,13-15,24,31H,11-12H2,1-4H3/t24-/m1/s1. The summed E-state index contributed by atoms with van der Waals surface area (Å²) >= 11 is 5.99. The van der Waals surface area contributed by atoms with Crippen molar-refractivity contribution < 1.29 is 28.7 Å². The van der Waals surface area contributed by atoms with Gasteiger partial charge >= 0.3 is 5.91 Å². The molecule has 8 nitrogen and oxygen atoms in total.